The smallest absolute Gasteiger partial charge is 0.407 e. The topological polar surface area (TPSA) is 103 Å². The molecule has 2 aliphatic carbocycles. The van der Waals surface area contributed by atoms with Gasteiger partial charge in [0.05, 0.1) is 16.9 Å². The third-order valence-corrected chi connectivity index (χ3v) is 7.37. The Morgan fingerprint density at radius 2 is 2.08 bits per heavy atom. The second-order valence-electron chi connectivity index (χ2n) is 11.8. The molecule has 38 heavy (non-hydrogen) atoms. The van der Waals surface area contributed by atoms with Gasteiger partial charge in [-0.05, 0) is 81.5 Å². The lowest BCUT2D eigenvalue weighted by atomic mass is 9.91. The Balaban J connectivity index is 1.63. The predicted octanol–water partition coefficient (Wildman–Crippen LogP) is 6.38. The number of pyridine rings is 2. The zero-order valence-corrected chi connectivity index (χ0v) is 23.3. The third-order valence-electron chi connectivity index (χ3n) is 7.37. The molecule has 2 fully saturated rings. The third kappa shape index (κ3) is 6.83. The second kappa shape index (κ2) is 11.0. The van der Waals surface area contributed by atoms with Gasteiger partial charge in [0.2, 0.25) is 0 Å². The summed E-state index contributed by atoms with van der Waals surface area (Å²) in [4.78, 5) is 24.0. The summed E-state index contributed by atoms with van der Waals surface area (Å²) in [6.07, 6.45) is 7.54. The van der Waals surface area contributed by atoms with Crippen LogP contribution in [0.5, 0.6) is 0 Å². The monoisotopic (exact) mass is 516 g/mol. The van der Waals surface area contributed by atoms with Crippen molar-refractivity contribution in [3.63, 3.8) is 0 Å². The molecule has 0 aromatic carbocycles. The van der Waals surface area contributed by atoms with Gasteiger partial charge in [-0.1, -0.05) is 26.5 Å². The Morgan fingerprint density at radius 1 is 1.34 bits per heavy atom. The van der Waals surface area contributed by atoms with E-state index in [0.29, 0.717) is 42.1 Å². The van der Waals surface area contributed by atoms with Crippen LogP contribution in [0.15, 0.2) is 31.0 Å². The maximum atomic E-state index is 12.3. The number of rotatable bonds is 11. The first kappa shape index (κ1) is 27.4. The van der Waals surface area contributed by atoms with E-state index in [1.165, 1.54) is 0 Å². The normalized spacial score (nSPS) is 15.9. The molecule has 2 heterocycles. The number of nitrogens with zero attached hydrogens (tertiary/aromatic N) is 4. The van der Waals surface area contributed by atoms with Crippen molar-refractivity contribution in [1.82, 2.24) is 15.3 Å². The van der Waals surface area contributed by atoms with Crippen molar-refractivity contribution in [3.05, 3.63) is 47.8 Å². The van der Waals surface area contributed by atoms with Gasteiger partial charge in [0, 0.05) is 31.7 Å². The first-order valence-electron chi connectivity index (χ1n) is 13.6. The van der Waals surface area contributed by atoms with Crippen molar-refractivity contribution in [2.24, 2.45) is 11.3 Å². The molecule has 8 nitrogen and oxygen atoms in total. The maximum absolute atomic E-state index is 12.3. The molecule has 0 radical (unpaired) electrons. The van der Waals surface area contributed by atoms with Gasteiger partial charge < -0.3 is 20.3 Å². The molecule has 0 atom stereocenters. The summed E-state index contributed by atoms with van der Waals surface area (Å²) in [5, 5.41) is 16.5. The van der Waals surface area contributed by atoms with E-state index in [-0.39, 0.29) is 5.41 Å². The van der Waals surface area contributed by atoms with Crippen LogP contribution in [0.3, 0.4) is 0 Å². The molecule has 2 aromatic rings. The van der Waals surface area contributed by atoms with Crippen molar-refractivity contribution in [2.45, 2.75) is 71.8 Å². The lowest BCUT2D eigenvalue weighted by Crippen LogP contribution is -2.41. The average Bonchev–Trinajstić information content (AvgIpc) is 3.77. The van der Waals surface area contributed by atoms with Crippen molar-refractivity contribution < 1.29 is 9.53 Å². The first-order valence-corrected chi connectivity index (χ1v) is 13.6. The minimum absolute atomic E-state index is 0.200. The molecule has 4 rings (SSSR count). The number of anilines is 3. The van der Waals surface area contributed by atoms with E-state index in [1.807, 2.05) is 39.0 Å². The maximum Gasteiger partial charge on any atom is 0.407 e. The van der Waals surface area contributed by atoms with Gasteiger partial charge in [0.15, 0.2) is 0 Å². The fourth-order valence-corrected chi connectivity index (χ4v) is 4.71. The van der Waals surface area contributed by atoms with E-state index in [9.17, 15) is 10.1 Å². The van der Waals surface area contributed by atoms with E-state index in [0.717, 1.165) is 49.2 Å². The van der Waals surface area contributed by atoms with Crippen LogP contribution in [0.2, 0.25) is 0 Å². The second-order valence-corrected chi connectivity index (χ2v) is 11.8. The summed E-state index contributed by atoms with van der Waals surface area (Å²) in [6.45, 7) is 15.6. The predicted molar refractivity (Wildman–Crippen MR) is 151 cm³/mol. The van der Waals surface area contributed by atoms with Gasteiger partial charge in [-0.2, -0.15) is 5.26 Å². The van der Waals surface area contributed by atoms with Crippen molar-refractivity contribution >= 4 is 29.5 Å². The first-order chi connectivity index (χ1) is 18.0. The fraction of sp³-hybridized carbons (Fsp3) is 0.533. The largest absolute Gasteiger partial charge is 0.444 e. The SMILES string of the molecule is C=Cc1ccnc(Nc2cc(C#N)c(N(CCNC(=O)OC(C)(C)C)CC3(C(C)C)CC3)nc2C2CC2)c1. The van der Waals surface area contributed by atoms with E-state index in [4.69, 9.17) is 9.72 Å². The van der Waals surface area contributed by atoms with E-state index in [2.05, 4.69) is 47.0 Å². The number of amides is 1. The number of carbonyl (C=O) groups is 1. The Morgan fingerprint density at radius 3 is 2.66 bits per heavy atom. The number of nitrogens with one attached hydrogen (secondary N) is 2. The number of ether oxygens (including phenoxy) is 1. The summed E-state index contributed by atoms with van der Waals surface area (Å²) in [5.74, 6) is 2.25. The highest BCUT2D eigenvalue weighted by Crippen LogP contribution is 2.53. The number of hydrogen-bond acceptors (Lipinski definition) is 7. The Kier molecular flexibility index (Phi) is 7.96. The quantitative estimate of drug-likeness (QED) is 0.357. The van der Waals surface area contributed by atoms with Crippen molar-refractivity contribution in [3.8, 4) is 6.07 Å². The molecule has 2 aliphatic rings. The molecular weight excluding hydrogens is 476 g/mol. The summed E-state index contributed by atoms with van der Waals surface area (Å²) in [6, 6.07) is 8.11. The van der Waals surface area contributed by atoms with Crippen LogP contribution in [0.4, 0.5) is 22.1 Å². The Bertz CT molecular complexity index is 1220. The molecule has 8 heteroatoms. The zero-order valence-electron chi connectivity index (χ0n) is 23.3. The molecule has 0 spiro atoms. The number of alkyl carbamates (subject to hydrolysis) is 1. The van der Waals surface area contributed by atoms with E-state index in [1.54, 1.807) is 12.3 Å². The number of hydrogen-bond donors (Lipinski definition) is 2. The van der Waals surface area contributed by atoms with Crippen LogP contribution >= 0.6 is 0 Å². The van der Waals surface area contributed by atoms with Gasteiger partial charge in [0.1, 0.15) is 23.3 Å². The molecule has 0 aliphatic heterocycles. The minimum atomic E-state index is -0.558. The fourth-order valence-electron chi connectivity index (χ4n) is 4.71. The molecule has 202 valence electrons. The zero-order chi connectivity index (χ0) is 27.5. The number of aromatic nitrogens is 2. The molecule has 2 saturated carbocycles. The molecule has 1 amide bonds. The lowest BCUT2D eigenvalue weighted by molar-refractivity contribution is 0.0529. The molecule has 0 unspecified atom stereocenters. The highest BCUT2D eigenvalue weighted by molar-refractivity contribution is 5.70. The van der Waals surface area contributed by atoms with Gasteiger partial charge in [-0.15, -0.1) is 0 Å². The van der Waals surface area contributed by atoms with Gasteiger partial charge in [0.25, 0.3) is 0 Å². The minimum Gasteiger partial charge on any atom is -0.444 e. The van der Waals surface area contributed by atoms with Crippen LogP contribution in [0.25, 0.3) is 6.08 Å². The molecule has 0 saturated heterocycles. The van der Waals surface area contributed by atoms with Gasteiger partial charge in [-0.3, -0.25) is 0 Å². The molecule has 0 bridgehead atoms. The highest BCUT2D eigenvalue weighted by atomic mass is 16.6. The van der Waals surface area contributed by atoms with Crippen molar-refractivity contribution in [2.75, 3.05) is 29.9 Å². The summed E-state index contributed by atoms with van der Waals surface area (Å²) in [5.41, 5.74) is 2.90. The summed E-state index contributed by atoms with van der Waals surface area (Å²) >= 11 is 0. The van der Waals surface area contributed by atoms with Crippen LogP contribution in [-0.2, 0) is 4.74 Å². The average molecular weight is 517 g/mol. The summed E-state index contributed by atoms with van der Waals surface area (Å²) < 4.78 is 5.41. The Labute approximate surface area is 226 Å². The summed E-state index contributed by atoms with van der Waals surface area (Å²) in [7, 11) is 0. The standard InChI is InChI=1S/C30H40N6O2/c1-7-21-10-13-32-25(16-21)34-24-17-23(18-31)27(35-26(24)22-8-9-22)36(19-30(11-12-30)20(2)3)15-14-33-28(37)38-29(4,5)6/h7,10,13,16-17,20,22H,1,8-9,11-12,14-15,19H2,2-6H3,(H,32,34)(H,33,37). The lowest BCUT2D eigenvalue weighted by Gasteiger charge is -2.32. The van der Waals surface area contributed by atoms with Crippen LogP contribution < -0.4 is 15.5 Å². The number of carbonyl (C=O) groups excluding carboxylic acids is 1. The van der Waals surface area contributed by atoms with Gasteiger partial charge in [-0.25, -0.2) is 14.8 Å². The molecular formula is C30H40N6O2. The van der Waals surface area contributed by atoms with Crippen LogP contribution in [-0.4, -0.2) is 41.3 Å². The van der Waals surface area contributed by atoms with E-state index < -0.39 is 11.7 Å². The highest BCUT2D eigenvalue weighted by Gasteiger charge is 2.47. The van der Waals surface area contributed by atoms with Crippen LogP contribution in [0.1, 0.15) is 83.0 Å². The van der Waals surface area contributed by atoms with Crippen molar-refractivity contribution in [1.29, 1.82) is 5.26 Å². The van der Waals surface area contributed by atoms with Gasteiger partial charge >= 0.3 is 6.09 Å². The molecule has 2 N–H and O–H groups in total. The Hall–Kier alpha value is -3.60. The molecule has 2 aromatic heterocycles. The number of nitriles is 1. The van der Waals surface area contributed by atoms with Crippen LogP contribution in [0, 0.1) is 22.7 Å². The van der Waals surface area contributed by atoms with E-state index >= 15 is 0 Å².